The highest BCUT2D eigenvalue weighted by atomic mass is 32.2. The molecule has 8 heteroatoms. The predicted molar refractivity (Wildman–Crippen MR) is 132 cm³/mol. The van der Waals surface area contributed by atoms with Crippen LogP contribution < -0.4 is 4.74 Å². The molecule has 3 heterocycles. The van der Waals surface area contributed by atoms with Gasteiger partial charge in [-0.2, -0.15) is 11.3 Å². The van der Waals surface area contributed by atoms with Crippen molar-refractivity contribution in [1.82, 2.24) is 9.88 Å². The number of aromatic nitrogens is 1. The lowest BCUT2D eigenvalue weighted by molar-refractivity contribution is -0.146. The molecular formula is C25H29FN2O3S2. The monoisotopic (exact) mass is 488 g/mol. The van der Waals surface area contributed by atoms with Crippen molar-refractivity contribution in [2.24, 2.45) is 11.8 Å². The Hall–Kier alpha value is -2.16. The van der Waals surface area contributed by atoms with Crippen molar-refractivity contribution in [2.75, 3.05) is 32.5 Å². The third kappa shape index (κ3) is 6.05. The van der Waals surface area contributed by atoms with Gasteiger partial charge in [0, 0.05) is 34.5 Å². The zero-order chi connectivity index (χ0) is 23.2. The van der Waals surface area contributed by atoms with Gasteiger partial charge in [-0.05, 0) is 73.4 Å². The van der Waals surface area contributed by atoms with Crippen molar-refractivity contribution in [3.8, 4) is 5.75 Å². The van der Waals surface area contributed by atoms with Crippen LogP contribution in [0.25, 0.3) is 10.9 Å². The van der Waals surface area contributed by atoms with Crippen LogP contribution in [0.15, 0.2) is 46.1 Å². The molecule has 0 radical (unpaired) electrons. The molecule has 0 amide bonds. The predicted octanol–water partition coefficient (Wildman–Crippen LogP) is 5.58. The molecule has 4 rings (SSSR count). The summed E-state index contributed by atoms with van der Waals surface area (Å²) in [6.45, 7) is 2.41. The number of nitrogens with zero attached hydrogens (tertiary/aromatic N) is 2. The summed E-state index contributed by atoms with van der Waals surface area (Å²) >= 11 is 3.51. The van der Waals surface area contributed by atoms with Crippen LogP contribution in [0.5, 0.6) is 5.75 Å². The zero-order valence-electron chi connectivity index (χ0n) is 18.7. The van der Waals surface area contributed by atoms with E-state index in [0.29, 0.717) is 24.3 Å². The van der Waals surface area contributed by atoms with E-state index in [-0.39, 0.29) is 17.7 Å². The molecule has 3 aromatic rings. The lowest BCUT2D eigenvalue weighted by Crippen LogP contribution is -2.44. The fourth-order valence-corrected chi connectivity index (χ4v) is 6.44. The summed E-state index contributed by atoms with van der Waals surface area (Å²) in [5.41, 5.74) is 1.37. The molecule has 1 aliphatic heterocycles. The smallest absolute Gasteiger partial charge is 0.308 e. The minimum atomic E-state index is -0.722. The van der Waals surface area contributed by atoms with E-state index >= 15 is 0 Å². The van der Waals surface area contributed by atoms with Crippen molar-refractivity contribution in [3.63, 3.8) is 0 Å². The Kier molecular flexibility index (Phi) is 8.22. The fraction of sp³-hybridized carbons (Fsp3) is 0.440. The number of carboxylic acids is 1. The molecule has 1 saturated heterocycles. The molecule has 5 nitrogen and oxygen atoms in total. The summed E-state index contributed by atoms with van der Waals surface area (Å²) in [6, 6.07) is 7.60. The van der Waals surface area contributed by atoms with Crippen molar-refractivity contribution >= 4 is 40.0 Å². The molecule has 0 bridgehead atoms. The molecular weight excluding hydrogens is 459 g/mol. The van der Waals surface area contributed by atoms with E-state index in [4.69, 9.17) is 4.74 Å². The number of halogens is 1. The van der Waals surface area contributed by atoms with Crippen molar-refractivity contribution < 1.29 is 19.0 Å². The Bertz CT molecular complexity index is 1080. The topological polar surface area (TPSA) is 62.7 Å². The normalized spacial score (nSPS) is 19.1. The van der Waals surface area contributed by atoms with E-state index in [1.165, 1.54) is 11.1 Å². The molecule has 1 aromatic carbocycles. The highest BCUT2D eigenvalue weighted by Gasteiger charge is 2.33. The van der Waals surface area contributed by atoms with Gasteiger partial charge in [-0.15, -0.1) is 11.8 Å². The first-order valence-electron chi connectivity index (χ1n) is 11.3. The quantitative estimate of drug-likeness (QED) is 0.376. The lowest BCUT2D eigenvalue weighted by Gasteiger charge is -2.36. The number of methoxy groups -OCH3 is 1. The average Bonchev–Trinajstić information content (AvgIpc) is 3.34. The molecule has 33 heavy (non-hydrogen) atoms. The minimum absolute atomic E-state index is 0.119. The number of rotatable bonds is 10. The van der Waals surface area contributed by atoms with Crippen LogP contribution in [-0.4, -0.2) is 53.5 Å². The number of pyridine rings is 1. The van der Waals surface area contributed by atoms with Gasteiger partial charge in [0.1, 0.15) is 11.6 Å². The highest BCUT2D eigenvalue weighted by Crippen LogP contribution is 2.31. The molecule has 0 unspecified atom stereocenters. The van der Waals surface area contributed by atoms with Gasteiger partial charge in [0.05, 0.1) is 24.7 Å². The number of benzene rings is 1. The number of hydrogen-bond donors (Lipinski definition) is 1. The summed E-state index contributed by atoms with van der Waals surface area (Å²) < 4.78 is 19.9. The van der Waals surface area contributed by atoms with Gasteiger partial charge in [-0.3, -0.25) is 9.78 Å². The Morgan fingerprint density at radius 1 is 1.39 bits per heavy atom. The molecule has 0 aliphatic carbocycles. The first kappa shape index (κ1) is 24.0. The standard InChI is InChI=1S/C25H29FN2O3S2/c1-31-18-5-6-24-21(13-18)20(23(26)14-27-24)4-2-3-17-7-9-28(15-22(17)25(29)30)10-12-33-19-8-11-32-16-19/h5-6,8,11,13-14,16-17,22H,2-4,7,9-10,12,15H2,1H3,(H,29,30)/t17-,22+/m0/s1. The van der Waals surface area contributed by atoms with E-state index in [1.54, 1.807) is 18.4 Å². The molecule has 1 fully saturated rings. The molecule has 0 spiro atoms. The Labute approximate surface area is 202 Å². The summed E-state index contributed by atoms with van der Waals surface area (Å²) in [5.74, 6) is 0.347. The SMILES string of the molecule is COc1ccc2ncc(F)c(CCC[C@H]3CCN(CCSc4ccsc4)C[C@H]3C(=O)O)c2c1. The van der Waals surface area contributed by atoms with E-state index in [0.717, 1.165) is 49.0 Å². The molecule has 2 aromatic heterocycles. The first-order valence-corrected chi connectivity index (χ1v) is 13.2. The number of carbonyl (C=O) groups is 1. The maximum atomic E-state index is 14.6. The van der Waals surface area contributed by atoms with Gasteiger partial charge in [-0.1, -0.05) is 0 Å². The lowest BCUT2D eigenvalue weighted by atomic mass is 9.81. The van der Waals surface area contributed by atoms with Crippen LogP contribution in [0.3, 0.4) is 0 Å². The number of hydrogen-bond acceptors (Lipinski definition) is 6. The Balaban J connectivity index is 1.33. The molecule has 0 saturated carbocycles. The fourth-order valence-electron chi connectivity index (χ4n) is 4.65. The second-order valence-electron chi connectivity index (χ2n) is 8.46. The second kappa shape index (κ2) is 11.3. The van der Waals surface area contributed by atoms with E-state index < -0.39 is 5.97 Å². The largest absolute Gasteiger partial charge is 0.497 e. The van der Waals surface area contributed by atoms with Gasteiger partial charge in [0.25, 0.3) is 0 Å². The second-order valence-corrected chi connectivity index (χ2v) is 10.4. The van der Waals surface area contributed by atoms with Gasteiger partial charge >= 0.3 is 5.97 Å². The van der Waals surface area contributed by atoms with Crippen LogP contribution in [0.4, 0.5) is 4.39 Å². The van der Waals surface area contributed by atoms with Crippen LogP contribution in [0.1, 0.15) is 24.8 Å². The van der Waals surface area contributed by atoms with Crippen LogP contribution >= 0.6 is 23.1 Å². The van der Waals surface area contributed by atoms with Crippen molar-refractivity contribution in [1.29, 1.82) is 0 Å². The number of carboxylic acid groups (broad SMARTS) is 1. The molecule has 1 N–H and O–H groups in total. The number of likely N-dealkylation sites (tertiary alicyclic amines) is 1. The van der Waals surface area contributed by atoms with Gasteiger partial charge in [0.15, 0.2) is 0 Å². The summed E-state index contributed by atoms with van der Waals surface area (Å²) in [5, 5.41) is 14.8. The van der Waals surface area contributed by atoms with Crippen LogP contribution in [0.2, 0.25) is 0 Å². The van der Waals surface area contributed by atoms with Gasteiger partial charge in [0.2, 0.25) is 0 Å². The number of fused-ring (bicyclic) bond motifs is 1. The number of thiophene rings is 1. The maximum absolute atomic E-state index is 14.6. The summed E-state index contributed by atoms with van der Waals surface area (Å²) in [6.07, 6.45) is 4.23. The number of aliphatic carboxylic acids is 1. The zero-order valence-corrected chi connectivity index (χ0v) is 20.3. The van der Waals surface area contributed by atoms with E-state index in [1.807, 2.05) is 30.0 Å². The average molecular weight is 489 g/mol. The van der Waals surface area contributed by atoms with Crippen molar-refractivity contribution in [3.05, 3.63) is 52.6 Å². The number of thioether (sulfide) groups is 1. The molecule has 1 aliphatic rings. The summed E-state index contributed by atoms with van der Waals surface area (Å²) in [7, 11) is 1.59. The number of aryl methyl sites for hydroxylation is 1. The number of piperidine rings is 1. The van der Waals surface area contributed by atoms with Crippen LogP contribution in [-0.2, 0) is 11.2 Å². The van der Waals surface area contributed by atoms with E-state index in [2.05, 4.69) is 26.7 Å². The minimum Gasteiger partial charge on any atom is -0.497 e. The van der Waals surface area contributed by atoms with E-state index in [9.17, 15) is 14.3 Å². The third-order valence-corrected chi connectivity index (χ3v) is 8.27. The Morgan fingerprint density at radius 3 is 3.03 bits per heavy atom. The van der Waals surface area contributed by atoms with Crippen LogP contribution in [0, 0.1) is 17.7 Å². The highest BCUT2D eigenvalue weighted by molar-refractivity contribution is 7.99. The molecule has 2 atom stereocenters. The number of ether oxygens (including phenoxy) is 1. The van der Waals surface area contributed by atoms with Gasteiger partial charge < -0.3 is 14.7 Å². The molecule has 176 valence electrons. The van der Waals surface area contributed by atoms with Gasteiger partial charge in [-0.25, -0.2) is 4.39 Å². The van der Waals surface area contributed by atoms with Crippen molar-refractivity contribution in [2.45, 2.75) is 30.6 Å². The summed E-state index contributed by atoms with van der Waals surface area (Å²) in [4.78, 5) is 19.7. The Morgan fingerprint density at radius 2 is 2.27 bits per heavy atom. The third-order valence-electron chi connectivity index (χ3n) is 6.46. The first-order chi connectivity index (χ1) is 16.0. The maximum Gasteiger partial charge on any atom is 0.308 e.